The molecule has 8 nitrogen and oxygen atoms in total. The van der Waals surface area contributed by atoms with E-state index in [1.54, 1.807) is 47.4 Å². The van der Waals surface area contributed by atoms with Crippen LogP contribution in [0.25, 0.3) is 0 Å². The van der Waals surface area contributed by atoms with Gasteiger partial charge >= 0.3 is 0 Å². The zero-order valence-corrected chi connectivity index (χ0v) is 16.6. The molecule has 0 radical (unpaired) electrons. The summed E-state index contributed by atoms with van der Waals surface area (Å²) in [7, 11) is 0. The van der Waals surface area contributed by atoms with Crippen LogP contribution in [0.15, 0.2) is 42.5 Å². The van der Waals surface area contributed by atoms with Crippen LogP contribution in [0.2, 0.25) is 0 Å². The van der Waals surface area contributed by atoms with Gasteiger partial charge in [0.15, 0.2) is 11.5 Å². The molecule has 0 unspecified atom stereocenters. The first kappa shape index (κ1) is 19.8. The minimum Gasteiger partial charge on any atom is -0.486 e. The van der Waals surface area contributed by atoms with Gasteiger partial charge in [0.25, 0.3) is 5.91 Å². The standard InChI is InChI=1S/C22H23N3O5/c1-2-23-21(27)14-4-3-5-16(10-14)24-22(28)15-11-20(26)25(13-15)17-6-7-18-19(12-17)30-9-8-29-18/h3-7,10,12,15H,2,8-9,11,13H2,1H3,(H,23,27)(H,24,28)/t15-/m0/s1. The number of nitrogens with one attached hydrogen (secondary N) is 2. The first-order valence-electron chi connectivity index (χ1n) is 9.94. The molecule has 0 aromatic heterocycles. The second-order valence-corrected chi connectivity index (χ2v) is 7.16. The molecule has 3 amide bonds. The number of ether oxygens (including phenoxy) is 2. The number of anilines is 2. The largest absolute Gasteiger partial charge is 0.486 e. The van der Waals surface area contributed by atoms with Gasteiger partial charge in [0.1, 0.15) is 13.2 Å². The summed E-state index contributed by atoms with van der Waals surface area (Å²) in [5, 5.41) is 5.55. The van der Waals surface area contributed by atoms with Crippen LogP contribution in [0.1, 0.15) is 23.7 Å². The molecule has 0 bridgehead atoms. The minimum absolute atomic E-state index is 0.121. The van der Waals surface area contributed by atoms with Crippen molar-refractivity contribution in [1.29, 1.82) is 0 Å². The quantitative estimate of drug-likeness (QED) is 0.789. The number of fused-ring (bicyclic) bond motifs is 1. The van der Waals surface area contributed by atoms with Crippen molar-refractivity contribution in [3.05, 3.63) is 48.0 Å². The van der Waals surface area contributed by atoms with E-state index in [2.05, 4.69) is 10.6 Å². The molecule has 2 heterocycles. The summed E-state index contributed by atoms with van der Waals surface area (Å²) < 4.78 is 11.1. The van der Waals surface area contributed by atoms with Crippen molar-refractivity contribution in [2.45, 2.75) is 13.3 Å². The summed E-state index contributed by atoms with van der Waals surface area (Å²) in [6.45, 7) is 3.60. The van der Waals surface area contributed by atoms with Crippen molar-refractivity contribution in [3.63, 3.8) is 0 Å². The van der Waals surface area contributed by atoms with Crippen LogP contribution >= 0.6 is 0 Å². The van der Waals surface area contributed by atoms with E-state index in [9.17, 15) is 14.4 Å². The summed E-state index contributed by atoms with van der Waals surface area (Å²) >= 11 is 0. The van der Waals surface area contributed by atoms with E-state index in [1.807, 2.05) is 6.92 Å². The average Bonchev–Trinajstić information content (AvgIpc) is 3.15. The molecule has 2 aliphatic rings. The fraction of sp³-hybridized carbons (Fsp3) is 0.318. The third-order valence-electron chi connectivity index (χ3n) is 5.06. The van der Waals surface area contributed by atoms with Crippen LogP contribution in [0.4, 0.5) is 11.4 Å². The Morgan fingerprint density at radius 1 is 1.10 bits per heavy atom. The Bertz CT molecular complexity index is 990. The fourth-order valence-electron chi connectivity index (χ4n) is 3.58. The van der Waals surface area contributed by atoms with Gasteiger partial charge in [-0.25, -0.2) is 0 Å². The monoisotopic (exact) mass is 409 g/mol. The number of rotatable bonds is 5. The third-order valence-corrected chi connectivity index (χ3v) is 5.06. The number of benzene rings is 2. The summed E-state index contributed by atoms with van der Waals surface area (Å²) in [5.41, 5.74) is 1.67. The maximum absolute atomic E-state index is 12.7. The third kappa shape index (κ3) is 4.07. The molecule has 2 aromatic rings. The summed E-state index contributed by atoms with van der Waals surface area (Å²) in [6, 6.07) is 12.1. The molecule has 156 valence electrons. The van der Waals surface area contributed by atoms with Crippen LogP contribution in [0, 0.1) is 5.92 Å². The van der Waals surface area contributed by atoms with E-state index in [4.69, 9.17) is 9.47 Å². The molecule has 8 heteroatoms. The molecule has 4 rings (SSSR count). The van der Waals surface area contributed by atoms with Gasteiger partial charge in [0.2, 0.25) is 11.8 Å². The summed E-state index contributed by atoms with van der Waals surface area (Å²) in [6.07, 6.45) is 0.121. The second kappa shape index (κ2) is 8.44. The second-order valence-electron chi connectivity index (χ2n) is 7.16. The normalized spacial score (nSPS) is 17.6. The van der Waals surface area contributed by atoms with Crippen LogP contribution in [0.5, 0.6) is 11.5 Å². The van der Waals surface area contributed by atoms with E-state index in [-0.39, 0.29) is 30.7 Å². The van der Waals surface area contributed by atoms with Gasteiger partial charge in [-0.3, -0.25) is 14.4 Å². The first-order valence-corrected chi connectivity index (χ1v) is 9.94. The number of nitrogens with zero attached hydrogens (tertiary/aromatic N) is 1. The van der Waals surface area contributed by atoms with Gasteiger partial charge < -0.3 is 25.0 Å². The van der Waals surface area contributed by atoms with Crippen molar-refractivity contribution in [1.82, 2.24) is 5.32 Å². The van der Waals surface area contributed by atoms with Crippen LogP contribution in [0.3, 0.4) is 0 Å². The maximum Gasteiger partial charge on any atom is 0.251 e. The van der Waals surface area contributed by atoms with Crippen LogP contribution in [-0.4, -0.2) is 44.0 Å². The molecule has 30 heavy (non-hydrogen) atoms. The van der Waals surface area contributed by atoms with Crippen molar-refractivity contribution in [2.24, 2.45) is 5.92 Å². The van der Waals surface area contributed by atoms with Gasteiger partial charge in [-0.2, -0.15) is 0 Å². The van der Waals surface area contributed by atoms with Gasteiger partial charge in [0, 0.05) is 42.5 Å². The average molecular weight is 409 g/mol. The molecule has 0 spiro atoms. The molecule has 2 aliphatic heterocycles. The minimum atomic E-state index is -0.487. The maximum atomic E-state index is 12.7. The van der Waals surface area contributed by atoms with E-state index in [1.165, 1.54) is 0 Å². The highest BCUT2D eigenvalue weighted by Gasteiger charge is 2.35. The molecular formula is C22H23N3O5. The Balaban J connectivity index is 1.43. The highest BCUT2D eigenvalue weighted by atomic mass is 16.6. The van der Waals surface area contributed by atoms with Gasteiger partial charge in [0.05, 0.1) is 5.92 Å². The molecule has 2 aromatic carbocycles. The van der Waals surface area contributed by atoms with E-state index >= 15 is 0 Å². The van der Waals surface area contributed by atoms with Crippen LogP contribution < -0.4 is 25.0 Å². The van der Waals surface area contributed by atoms with Gasteiger partial charge in [-0.1, -0.05) is 6.07 Å². The van der Waals surface area contributed by atoms with Crippen molar-refractivity contribution < 1.29 is 23.9 Å². The molecule has 1 atom stereocenters. The van der Waals surface area contributed by atoms with Crippen molar-refractivity contribution in [3.8, 4) is 11.5 Å². The lowest BCUT2D eigenvalue weighted by Gasteiger charge is -2.22. The Morgan fingerprint density at radius 3 is 2.70 bits per heavy atom. The zero-order valence-electron chi connectivity index (χ0n) is 16.6. The molecule has 1 fully saturated rings. The van der Waals surface area contributed by atoms with Crippen LogP contribution in [-0.2, 0) is 9.59 Å². The summed E-state index contributed by atoms with van der Waals surface area (Å²) in [4.78, 5) is 38.9. The fourth-order valence-corrected chi connectivity index (χ4v) is 3.58. The molecule has 0 saturated carbocycles. The molecule has 2 N–H and O–H groups in total. The Labute approximate surface area is 174 Å². The lowest BCUT2D eigenvalue weighted by Crippen LogP contribution is -2.28. The predicted octanol–water partition coefficient (Wildman–Crippen LogP) is 2.20. The lowest BCUT2D eigenvalue weighted by atomic mass is 10.1. The van der Waals surface area contributed by atoms with Gasteiger partial charge in [-0.05, 0) is 37.3 Å². The Morgan fingerprint density at radius 2 is 1.90 bits per heavy atom. The predicted molar refractivity (Wildman–Crippen MR) is 111 cm³/mol. The number of hydrogen-bond donors (Lipinski definition) is 2. The zero-order chi connectivity index (χ0) is 21.1. The van der Waals surface area contributed by atoms with E-state index in [0.717, 1.165) is 0 Å². The molecule has 1 saturated heterocycles. The SMILES string of the molecule is CCNC(=O)c1cccc(NC(=O)[C@H]2CC(=O)N(c3ccc4c(c3)OCCO4)C2)c1. The number of carbonyl (C=O) groups excluding carboxylic acids is 3. The topological polar surface area (TPSA) is 97.0 Å². The van der Waals surface area contributed by atoms with Crippen molar-refractivity contribution >= 4 is 29.1 Å². The number of carbonyl (C=O) groups is 3. The van der Waals surface area contributed by atoms with E-state index < -0.39 is 5.92 Å². The number of hydrogen-bond acceptors (Lipinski definition) is 5. The Kier molecular flexibility index (Phi) is 5.56. The van der Waals surface area contributed by atoms with Crippen molar-refractivity contribution in [2.75, 3.05) is 36.5 Å². The summed E-state index contributed by atoms with van der Waals surface area (Å²) in [5.74, 6) is 0.187. The highest BCUT2D eigenvalue weighted by molar-refractivity contribution is 6.04. The Hall–Kier alpha value is -3.55. The highest BCUT2D eigenvalue weighted by Crippen LogP contribution is 2.36. The lowest BCUT2D eigenvalue weighted by molar-refractivity contribution is -0.122. The molecule has 0 aliphatic carbocycles. The first-order chi connectivity index (χ1) is 14.5. The van der Waals surface area contributed by atoms with Gasteiger partial charge in [-0.15, -0.1) is 0 Å². The molecular weight excluding hydrogens is 386 g/mol. The smallest absolute Gasteiger partial charge is 0.251 e. The number of amides is 3. The van der Waals surface area contributed by atoms with E-state index in [0.29, 0.717) is 48.2 Å².